The van der Waals surface area contributed by atoms with E-state index in [2.05, 4.69) is 0 Å². The lowest BCUT2D eigenvalue weighted by Gasteiger charge is -2.31. The Morgan fingerprint density at radius 1 is 1.17 bits per heavy atom. The number of allylic oxidation sites excluding steroid dienone is 2. The van der Waals surface area contributed by atoms with Crippen LogP contribution in [-0.2, 0) is 9.47 Å². The summed E-state index contributed by atoms with van der Waals surface area (Å²) >= 11 is 1.68. The fourth-order valence-corrected chi connectivity index (χ4v) is 2.97. The van der Waals surface area contributed by atoms with Crippen LogP contribution >= 0.6 is 22.6 Å². The van der Waals surface area contributed by atoms with Crippen molar-refractivity contribution in [2.75, 3.05) is 20.3 Å². The maximum Gasteiger partial charge on any atom is 0.193 e. The van der Waals surface area contributed by atoms with Gasteiger partial charge in [-0.1, -0.05) is 18.2 Å². The molecule has 0 radical (unpaired) electrons. The zero-order valence-corrected chi connectivity index (χ0v) is 15.2. The number of hydrogen-bond acceptors (Lipinski definition) is 2. The second-order valence-corrected chi connectivity index (χ2v) is 6.99. The molecule has 0 amide bonds. The molecule has 132 valence electrons. The standard InChI is InChI=1S/C17H17F4IO2/c1-23-9-2-3-10-24-17(22)8-7-12(15(20)16(17)21)11-5-4-6-13(18)14(11)19/h4-8,16H,2-3,9-10H2,1H3. The van der Waals surface area contributed by atoms with E-state index in [9.17, 15) is 17.6 Å². The number of methoxy groups -OCH3 is 1. The van der Waals surface area contributed by atoms with Crippen molar-refractivity contribution in [3.63, 3.8) is 0 Å². The minimum Gasteiger partial charge on any atom is -0.385 e. The summed E-state index contributed by atoms with van der Waals surface area (Å²) in [4.78, 5) is 0. The third-order valence-corrected chi connectivity index (χ3v) is 4.83. The van der Waals surface area contributed by atoms with Gasteiger partial charge in [-0.2, -0.15) is 0 Å². The van der Waals surface area contributed by atoms with Gasteiger partial charge in [0.2, 0.25) is 0 Å². The van der Waals surface area contributed by atoms with E-state index in [1.807, 2.05) is 0 Å². The maximum atomic E-state index is 14.5. The van der Waals surface area contributed by atoms with Gasteiger partial charge in [-0.3, -0.25) is 0 Å². The van der Waals surface area contributed by atoms with Crippen molar-refractivity contribution in [1.29, 1.82) is 0 Å². The number of rotatable bonds is 7. The molecule has 0 aliphatic heterocycles. The fourth-order valence-electron chi connectivity index (χ4n) is 2.30. The number of hydrogen-bond donors (Lipinski definition) is 0. The number of unbranched alkanes of at least 4 members (excludes halogenated alkanes) is 1. The van der Waals surface area contributed by atoms with E-state index in [-0.39, 0.29) is 17.7 Å². The molecule has 0 saturated heterocycles. The molecule has 2 atom stereocenters. The number of alkyl halides is 2. The molecule has 2 unspecified atom stereocenters. The molecular formula is C17H17F4IO2. The van der Waals surface area contributed by atoms with Crippen LogP contribution in [0, 0.1) is 11.6 Å². The molecule has 1 aromatic rings. The molecule has 7 heteroatoms. The van der Waals surface area contributed by atoms with Crippen molar-refractivity contribution < 1.29 is 27.0 Å². The first-order chi connectivity index (χ1) is 11.4. The van der Waals surface area contributed by atoms with Crippen molar-refractivity contribution in [2.45, 2.75) is 22.6 Å². The van der Waals surface area contributed by atoms with Gasteiger partial charge in [-0.05, 0) is 47.6 Å². The Morgan fingerprint density at radius 2 is 1.88 bits per heavy atom. The Kier molecular flexibility index (Phi) is 6.82. The topological polar surface area (TPSA) is 18.5 Å². The average Bonchev–Trinajstić information content (AvgIpc) is 2.56. The Labute approximate surface area is 151 Å². The van der Waals surface area contributed by atoms with Gasteiger partial charge < -0.3 is 9.47 Å². The predicted molar refractivity (Wildman–Crippen MR) is 92.2 cm³/mol. The summed E-state index contributed by atoms with van der Waals surface area (Å²) < 4.78 is 64.9. The zero-order chi connectivity index (χ0) is 17.7. The SMILES string of the molecule is COCCCCOC1(I)C=CC(c2cccc(F)c2F)=C(F)C1F. The molecule has 0 saturated carbocycles. The highest BCUT2D eigenvalue weighted by molar-refractivity contribution is 14.1. The van der Waals surface area contributed by atoms with Crippen LogP contribution < -0.4 is 0 Å². The van der Waals surface area contributed by atoms with Crippen LogP contribution in [0.2, 0.25) is 0 Å². The highest BCUT2D eigenvalue weighted by Crippen LogP contribution is 2.42. The lowest BCUT2D eigenvalue weighted by molar-refractivity contribution is 0.0165. The van der Waals surface area contributed by atoms with Gasteiger partial charge in [0.25, 0.3) is 0 Å². The molecule has 0 bridgehead atoms. The van der Waals surface area contributed by atoms with E-state index < -0.39 is 27.2 Å². The Hall–Kier alpha value is -0.930. The van der Waals surface area contributed by atoms with Crippen LogP contribution in [0.25, 0.3) is 5.57 Å². The van der Waals surface area contributed by atoms with Crippen LogP contribution in [-0.4, -0.2) is 30.1 Å². The minimum atomic E-state index is -2.11. The molecule has 0 N–H and O–H groups in total. The monoisotopic (exact) mass is 456 g/mol. The summed E-state index contributed by atoms with van der Waals surface area (Å²) in [5.41, 5.74) is -0.625. The first-order valence-electron chi connectivity index (χ1n) is 7.40. The van der Waals surface area contributed by atoms with Crippen LogP contribution in [0.4, 0.5) is 17.6 Å². The van der Waals surface area contributed by atoms with E-state index in [1.165, 1.54) is 24.3 Å². The minimum absolute atomic E-state index is 0.230. The number of halogens is 5. The highest BCUT2D eigenvalue weighted by atomic mass is 127. The summed E-state index contributed by atoms with van der Waals surface area (Å²) in [5.74, 6) is -3.49. The van der Waals surface area contributed by atoms with Crippen LogP contribution in [0.5, 0.6) is 0 Å². The second-order valence-electron chi connectivity index (χ2n) is 5.30. The van der Waals surface area contributed by atoms with Gasteiger partial charge in [0.15, 0.2) is 21.4 Å². The molecule has 1 aliphatic rings. The molecule has 1 aliphatic carbocycles. The molecule has 1 aromatic carbocycles. The first kappa shape index (κ1) is 19.4. The van der Waals surface area contributed by atoms with Crippen molar-refractivity contribution >= 4 is 28.2 Å². The van der Waals surface area contributed by atoms with E-state index in [1.54, 1.807) is 29.7 Å². The van der Waals surface area contributed by atoms with Crippen molar-refractivity contribution in [1.82, 2.24) is 0 Å². The molecule has 0 spiro atoms. The Bertz CT molecular complexity index is 647. The summed E-state index contributed by atoms with van der Waals surface area (Å²) in [6, 6.07) is 3.37. The van der Waals surface area contributed by atoms with E-state index in [4.69, 9.17) is 9.47 Å². The predicted octanol–water partition coefficient (Wildman–Crippen LogP) is 5.13. The zero-order valence-electron chi connectivity index (χ0n) is 13.0. The highest BCUT2D eigenvalue weighted by Gasteiger charge is 2.42. The maximum absolute atomic E-state index is 14.5. The van der Waals surface area contributed by atoms with Gasteiger partial charge in [0.05, 0.1) is 0 Å². The lowest BCUT2D eigenvalue weighted by Crippen LogP contribution is -2.37. The van der Waals surface area contributed by atoms with Crippen LogP contribution in [0.3, 0.4) is 0 Å². The summed E-state index contributed by atoms with van der Waals surface area (Å²) in [5, 5.41) is 0. The van der Waals surface area contributed by atoms with Gasteiger partial charge in [-0.25, -0.2) is 17.6 Å². The van der Waals surface area contributed by atoms with Crippen LogP contribution in [0.15, 0.2) is 36.2 Å². The molecule has 0 heterocycles. The molecule has 0 aromatic heterocycles. The first-order valence-corrected chi connectivity index (χ1v) is 8.47. The largest absolute Gasteiger partial charge is 0.385 e. The second kappa shape index (κ2) is 8.44. The van der Waals surface area contributed by atoms with Gasteiger partial charge in [0, 0.05) is 31.5 Å². The van der Waals surface area contributed by atoms with Gasteiger partial charge >= 0.3 is 0 Å². The Morgan fingerprint density at radius 3 is 2.58 bits per heavy atom. The summed E-state index contributed by atoms with van der Waals surface area (Å²) in [7, 11) is 1.58. The third kappa shape index (κ3) is 4.18. The van der Waals surface area contributed by atoms with Gasteiger partial charge in [0.1, 0.15) is 5.83 Å². The molecule has 2 nitrogen and oxygen atoms in total. The smallest absolute Gasteiger partial charge is 0.193 e. The Balaban J connectivity index is 2.15. The molecule has 0 fully saturated rings. The number of ether oxygens (including phenoxy) is 2. The lowest BCUT2D eigenvalue weighted by atomic mass is 9.95. The average molecular weight is 456 g/mol. The normalized spacial score (nSPS) is 23.8. The number of benzene rings is 1. The summed E-state index contributed by atoms with van der Waals surface area (Å²) in [6.07, 6.45) is 1.82. The molecule has 2 rings (SSSR count). The third-order valence-electron chi connectivity index (χ3n) is 3.61. The molecule has 24 heavy (non-hydrogen) atoms. The summed E-state index contributed by atoms with van der Waals surface area (Å²) in [6.45, 7) is 0.789. The van der Waals surface area contributed by atoms with Crippen molar-refractivity contribution in [2.24, 2.45) is 0 Å². The van der Waals surface area contributed by atoms with E-state index in [0.29, 0.717) is 13.0 Å². The molecular weight excluding hydrogens is 439 g/mol. The quantitative estimate of drug-likeness (QED) is 0.245. The fraction of sp³-hybridized carbons (Fsp3) is 0.412. The van der Waals surface area contributed by atoms with E-state index in [0.717, 1.165) is 12.5 Å². The van der Waals surface area contributed by atoms with Crippen molar-refractivity contribution in [3.8, 4) is 0 Å². The van der Waals surface area contributed by atoms with Crippen LogP contribution in [0.1, 0.15) is 18.4 Å². The van der Waals surface area contributed by atoms with Gasteiger partial charge in [-0.15, -0.1) is 0 Å². The van der Waals surface area contributed by atoms with Crippen molar-refractivity contribution in [3.05, 3.63) is 53.4 Å². The van der Waals surface area contributed by atoms with E-state index >= 15 is 0 Å².